The zero-order valence-corrected chi connectivity index (χ0v) is 10.9. The van der Waals surface area contributed by atoms with Crippen LogP contribution >= 0.6 is 11.8 Å². The van der Waals surface area contributed by atoms with E-state index in [1.807, 2.05) is 0 Å². The molecule has 1 heterocycles. The van der Waals surface area contributed by atoms with Gasteiger partial charge in [-0.25, -0.2) is 0 Å². The molecule has 0 aromatic heterocycles. The van der Waals surface area contributed by atoms with E-state index in [2.05, 4.69) is 0 Å². The number of rotatable bonds is 3. The Kier molecular flexibility index (Phi) is 4.87. The number of hydrogen-bond acceptors (Lipinski definition) is 7. The first-order valence-electron chi connectivity index (χ1n) is 6.26. The maximum absolute atomic E-state index is 9.89. The molecule has 6 nitrogen and oxygen atoms in total. The number of hydrogen-bond donors (Lipinski definition) is 5. The van der Waals surface area contributed by atoms with Crippen LogP contribution in [0.4, 0.5) is 0 Å². The van der Waals surface area contributed by atoms with Crippen LogP contribution in [0.5, 0.6) is 0 Å². The van der Waals surface area contributed by atoms with Crippen LogP contribution in [-0.2, 0) is 4.74 Å². The van der Waals surface area contributed by atoms with Crippen molar-refractivity contribution >= 4 is 11.8 Å². The molecule has 2 aliphatic rings. The fraction of sp³-hybridized carbons (Fsp3) is 1.00. The molecule has 0 amide bonds. The second kappa shape index (κ2) is 6.04. The Balaban J connectivity index is 1.98. The summed E-state index contributed by atoms with van der Waals surface area (Å²) in [4.78, 5) is 0. The molecule has 106 valence electrons. The molecule has 1 saturated carbocycles. The van der Waals surface area contributed by atoms with E-state index in [-0.39, 0.29) is 11.3 Å². The Bertz CT molecular complexity index is 280. The summed E-state index contributed by atoms with van der Waals surface area (Å²) in [6, 6.07) is 0.0716. The van der Waals surface area contributed by atoms with Gasteiger partial charge < -0.3 is 30.9 Å². The fourth-order valence-corrected chi connectivity index (χ4v) is 3.99. The van der Waals surface area contributed by atoms with Gasteiger partial charge in [0.1, 0.15) is 29.9 Å². The topological polar surface area (TPSA) is 116 Å². The van der Waals surface area contributed by atoms with Crippen LogP contribution in [0.3, 0.4) is 0 Å². The third-order valence-corrected chi connectivity index (χ3v) is 5.25. The Morgan fingerprint density at radius 3 is 2.39 bits per heavy atom. The second-order valence-corrected chi connectivity index (χ2v) is 6.31. The molecule has 6 N–H and O–H groups in total. The van der Waals surface area contributed by atoms with Crippen molar-refractivity contribution < 1.29 is 25.2 Å². The van der Waals surface area contributed by atoms with Crippen LogP contribution in [0, 0.1) is 0 Å². The molecule has 0 bridgehead atoms. The molecule has 18 heavy (non-hydrogen) atoms. The lowest BCUT2D eigenvalue weighted by atomic mass is 10.0. The highest BCUT2D eigenvalue weighted by Crippen LogP contribution is 2.36. The Morgan fingerprint density at radius 2 is 1.83 bits per heavy atom. The van der Waals surface area contributed by atoms with Crippen molar-refractivity contribution in [3.05, 3.63) is 0 Å². The lowest BCUT2D eigenvalue weighted by molar-refractivity contribution is -0.205. The summed E-state index contributed by atoms with van der Waals surface area (Å²) in [5.74, 6) is 0. The van der Waals surface area contributed by atoms with Gasteiger partial charge in [0.15, 0.2) is 0 Å². The summed E-state index contributed by atoms with van der Waals surface area (Å²) >= 11 is 1.39. The molecule has 0 aromatic carbocycles. The maximum atomic E-state index is 9.89. The van der Waals surface area contributed by atoms with E-state index in [9.17, 15) is 15.3 Å². The molecule has 7 atom stereocenters. The Morgan fingerprint density at radius 1 is 1.11 bits per heavy atom. The number of aliphatic hydroxyl groups is 4. The number of aliphatic hydroxyl groups excluding tert-OH is 4. The van der Waals surface area contributed by atoms with Crippen LogP contribution in [0.15, 0.2) is 0 Å². The highest BCUT2D eigenvalue weighted by Gasteiger charge is 2.45. The van der Waals surface area contributed by atoms with Gasteiger partial charge in [-0.05, 0) is 12.8 Å². The lowest BCUT2D eigenvalue weighted by Gasteiger charge is -2.40. The van der Waals surface area contributed by atoms with Crippen LogP contribution in [0.2, 0.25) is 0 Å². The minimum atomic E-state index is -1.30. The molecule has 7 heteroatoms. The first-order chi connectivity index (χ1) is 8.54. The molecular formula is C11H21NO5S. The summed E-state index contributed by atoms with van der Waals surface area (Å²) in [5.41, 5.74) is 5.29. The van der Waals surface area contributed by atoms with E-state index >= 15 is 0 Å². The van der Waals surface area contributed by atoms with Crippen molar-refractivity contribution in [2.24, 2.45) is 5.73 Å². The van der Waals surface area contributed by atoms with E-state index in [0.29, 0.717) is 0 Å². The summed E-state index contributed by atoms with van der Waals surface area (Å²) in [5, 5.41) is 38.5. The van der Waals surface area contributed by atoms with E-state index in [1.54, 1.807) is 0 Å². The van der Waals surface area contributed by atoms with Crippen molar-refractivity contribution in [2.75, 3.05) is 6.61 Å². The average Bonchev–Trinajstić information content (AvgIpc) is 2.76. The third-order valence-electron chi connectivity index (χ3n) is 3.66. The molecule has 2 rings (SSSR count). The van der Waals surface area contributed by atoms with E-state index in [0.717, 1.165) is 19.3 Å². The minimum absolute atomic E-state index is 0.0716. The average molecular weight is 279 g/mol. The van der Waals surface area contributed by atoms with Crippen LogP contribution in [-0.4, -0.2) is 68.2 Å². The van der Waals surface area contributed by atoms with E-state index < -0.39 is 36.5 Å². The molecule has 2 fully saturated rings. The second-order valence-electron chi connectivity index (χ2n) is 4.97. The van der Waals surface area contributed by atoms with Gasteiger partial charge in [-0.2, -0.15) is 0 Å². The number of nitrogens with two attached hydrogens (primary N) is 1. The predicted molar refractivity (Wildman–Crippen MR) is 67.0 cm³/mol. The van der Waals surface area contributed by atoms with Gasteiger partial charge in [-0.15, -0.1) is 11.8 Å². The van der Waals surface area contributed by atoms with Gasteiger partial charge in [0.25, 0.3) is 0 Å². The van der Waals surface area contributed by atoms with Gasteiger partial charge in [0, 0.05) is 11.3 Å². The molecule has 1 saturated heterocycles. The number of ether oxygens (including phenoxy) is 1. The summed E-state index contributed by atoms with van der Waals surface area (Å²) in [6.45, 7) is -0.390. The van der Waals surface area contributed by atoms with Gasteiger partial charge in [0.2, 0.25) is 0 Å². The molecule has 0 spiro atoms. The molecule has 0 aromatic rings. The summed E-state index contributed by atoms with van der Waals surface area (Å²) in [7, 11) is 0. The smallest absolute Gasteiger partial charge is 0.132 e. The lowest BCUT2D eigenvalue weighted by Crippen LogP contribution is -2.58. The Hall–Kier alpha value is 0.110. The summed E-state index contributed by atoms with van der Waals surface area (Å²) in [6.07, 6.45) is -1.63. The van der Waals surface area contributed by atoms with Gasteiger partial charge in [0.05, 0.1) is 6.61 Å². The van der Waals surface area contributed by atoms with Crippen LogP contribution < -0.4 is 5.73 Å². The standard InChI is InChI=1S/C11H21NO5S/c12-5-2-1-3-7(5)18-11-10(16)9(15)8(14)6(4-13)17-11/h5-11,13-16H,1-4,12H2/t5?,6?,7?,8-,9?,10?,11-/m0/s1. The fourth-order valence-electron chi connectivity index (χ4n) is 2.48. The normalized spacial score (nSPS) is 49.5. The van der Waals surface area contributed by atoms with Crippen molar-refractivity contribution in [2.45, 2.75) is 60.4 Å². The highest BCUT2D eigenvalue weighted by molar-refractivity contribution is 8.00. The number of thioether (sulfide) groups is 1. The third kappa shape index (κ3) is 2.82. The van der Waals surface area contributed by atoms with Gasteiger partial charge in [-0.1, -0.05) is 6.42 Å². The first kappa shape index (κ1) is 14.5. The minimum Gasteiger partial charge on any atom is -0.394 e. The largest absolute Gasteiger partial charge is 0.394 e. The van der Waals surface area contributed by atoms with Crippen LogP contribution in [0.25, 0.3) is 0 Å². The predicted octanol–water partition coefficient (Wildman–Crippen LogP) is -1.60. The van der Waals surface area contributed by atoms with E-state index in [1.165, 1.54) is 11.8 Å². The first-order valence-corrected chi connectivity index (χ1v) is 7.20. The molecular weight excluding hydrogens is 258 g/mol. The SMILES string of the molecule is NC1CCCC1S[C@@H]1OC(CO)[C@H](O)C(O)C1O. The quantitative estimate of drug-likeness (QED) is 0.422. The monoisotopic (exact) mass is 279 g/mol. The molecule has 1 aliphatic heterocycles. The zero-order chi connectivity index (χ0) is 13.3. The highest BCUT2D eigenvalue weighted by atomic mass is 32.2. The molecule has 0 radical (unpaired) electrons. The summed E-state index contributed by atoms with van der Waals surface area (Å²) < 4.78 is 5.44. The molecule has 1 aliphatic carbocycles. The van der Waals surface area contributed by atoms with Crippen molar-refractivity contribution in [3.63, 3.8) is 0 Å². The van der Waals surface area contributed by atoms with E-state index in [4.69, 9.17) is 15.6 Å². The zero-order valence-electron chi connectivity index (χ0n) is 10.1. The van der Waals surface area contributed by atoms with Gasteiger partial charge in [-0.3, -0.25) is 0 Å². The van der Waals surface area contributed by atoms with Crippen molar-refractivity contribution in [1.82, 2.24) is 0 Å². The Labute approximate surface area is 110 Å². The van der Waals surface area contributed by atoms with Crippen molar-refractivity contribution in [1.29, 1.82) is 0 Å². The molecule has 5 unspecified atom stereocenters. The van der Waals surface area contributed by atoms with Crippen LogP contribution in [0.1, 0.15) is 19.3 Å². The maximum Gasteiger partial charge on any atom is 0.132 e. The van der Waals surface area contributed by atoms with Crippen molar-refractivity contribution in [3.8, 4) is 0 Å². The van der Waals surface area contributed by atoms with Gasteiger partial charge >= 0.3 is 0 Å².